The Hall–Kier alpha value is -3.04. The van der Waals surface area contributed by atoms with Gasteiger partial charge in [-0.15, -0.1) is 11.3 Å². The number of aromatic amines is 1. The maximum atomic E-state index is 12.5. The summed E-state index contributed by atoms with van der Waals surface area (Å²) in [6.45, 7) is 1.41. The van der Waals surface area contributed by atoms with Gasteiger partial charge < -0.3 is 10.1 Å². The van der Waals surface area contributed by atoms with Crippen molar-refractivity contribution in [2.75, 3.05) is 13.2 Å². The summed E-state index contributed by atoms with van der Waals surface area (Å²) in [5.41, 5.74) is 4.48. The Morgan fingerprint density at radius 3 is 2.93 bits per heavy atom. The summed E-state index contributed by atoms with van der Waals surface area (Å²) in [7, 11) is 0. The van der Waals surface area contributed by atoms with Gasteiger partial charge in [-0.05, 0) is 29.9 Å². The summed E-state index contributed by atoms with van der Waals surface area (Å²) in [5, 5.41) is 16.3. The Kier molecular flexibility index (Phi) is 4.38. The summed E-state index contributed by atoms with van der Waals surface area (Å²) in [4.78, 5) is 17.8. The molecule has 1 aliphatic rings. The Bertz CT molecular complexity index is 1110. The summed E-state index contributed by atoms with van der Waals surface area (Å²) in [5.74, 6) is -0.0326. The quantitative estimate of drug-likeness (QED) is 0.555. The standard InChI is InChI=1S/C19H18N6O2S/c26-19(24-15-1-3-27-4-2-15)17-5-12(11-28-17)16-9-23-25-10-14(6-20-18(16)25)13-7-21-22-8-13/h5-11,15H,1-4H2,(H,21,22)(H,24,26). The molecule has 1 amide bonds. The monoisotopic (exact) mass is 394 g/mol. The number of H-pyrrole nitrogens is 1. The number of aromatic nitrogens is 5. The van der Waals surface area contributed by atoms with Crippen molar-refractivity contribution in [1.82, 2.24) is 30.1 Å². The summed E-state index contributed by atoms with van der Waals surface area (Å²) in [6, 6.07) is 2.09. The Balaban J connectivity index is 1.39. The van der Waals surface area contributed by atoms with Crippen LogP contribution >= 0.6 is 11.3 Å². The molecular weight excluding hydrogens is 376 g/mol. The molecule has 2 N–H and O–H groups in total. The zero-order valence-corrected chi connectivity index (χ0v) is 15.8. The van der Waals surface area contributed by atoms with Crippen molar-refractivity contribution < 1.29 is 9.53 Å². The molecule has 1 aliphatic heterocycles. The van der Waals surface area contributed by atoms with Crippen LogP contribution in [0.2, 0.25) is 0 Å². The number of hydrogen-bond acceptors (Lipinski definition) is 6. The molecule has 1 saturated heterocycles. The topological polar surface area (TPSA) is 97.2 Å². The van der Waals surface area contributed by atoms with Crippen LogP contribution in [0.25, 0.3) is 27.9 Å². The van der Waals surface area contributed by atoms with Crippen molar-refractivity contribution in [3.63, 3.8) is 0 Å². The first kappa shape index (κ1) is 17.1. The molecule has 0 saturated carbocycles. The van der Waals surface area contributed by atoms with Gasteiger partial charge in [0.15, 0.2) is 5.65 Å². The van der Waals surface area contributed by atoms with Gasteiger partial charge in [0.05, 0.1) is 17.3 Å². The minimum absolute atomic E-state index is 0.0326. The van der Waals surface area contributed by atoms with E-state index in [0.29, 0.717) is 18.1 Å². The second-order valence-electron chi connectivity index (χ2n) is 6.72. The molecule has 142 valence electrons. The van der Waals surface area contributed by atoms with E-state index >= 15 is 0 Å². The first-order chi connectivity index (χ1) is 13.8. The number of fused-ring (bicyclic) bond motifs is 1. The van der Waals surface area contributed by atoms with Gasteiger partial charge in [0, 0.05) is 54.5 Å². The molecular formula is C19H18N6O2S. The number of thiophene rings is 1. The molecule has 9 heteroatoms. The van der Waals surface area contributed by atoms with E-state index in [1.54, 1.807) is 23.1 Å². The first-order valence-corrected chi connectivity index (χ1v) is 9.96. The van der Waals surface area contributed by atoms with Crippen LogP contribution in [0.3, 0.4) is 0 Å². The smallest absolute Gasteiger partial charge is 0.261 e. The Morgan fingerprint density at radius 2 is 2.11 bits per heavy atom. The minimum atomic E-state index is -0.0326. The molecule has 4 aromatic heterocycles. The number of carbonyl (C=O) groups excluding carboxylic acids is 1. The molecule has 8 nitrogen and oxygen atoms in total. The maximum Gasteiger partial charge on any atom is 0.261 e. The highest BCUT2D eigenvalue weighted by atomic mass is 32.1. The number of nitrogens with zero attached hydrogens (tertiary/aromatic N) is 4. The van der Waals surface area contributed by atoms with E-state index in [1.165, 1.54) is 11.3 Å². The molecule has 0 radical (unpaired) electrons. The van der Waals surface area contributed by atoms with Crippen molar-refractivity contribution in [3.05, 3.63) is 47.3 Å². The van der Waals surface area contributed by atoms with E-state index in [2.05, 4.69) is 25.6 Å². The average molecular weight is 394 g/mol. The highest BCUT2D eigenvalue weighted by Gasteiger charge is 2.19. The highest BCUT2D eigenvalue weighted by Crippen LogP contribution is 2.29. The number of amides is 1. The Labute approximate surface area is 164 Å². The van der Waals surface area contributed by atoms with Crippen LogP contribution in [-0.2, 0) is 4.74 Å². The number of ether oxygens (including phenoxy) is 1. The van der Waals surface area contributed by atoms with Gasteiger partial charge in [-0.2, -0.15) is 10.2 Å². The van der Waals surface area contributed by atoms with Gasteiger partial charge in [-0.25, -0.2) is 9.50 Å². The molecule has 0 spiro atoms. The predicted octanol–water partition coefficient (Wildman–Crippen LogP) is 2.76. The van der Waals surface area contributed by atoms with Gasteiger partial charge in [-0.3, -0.25) is 9.89 Å². The Morgan fingerprint density at radius 1 is 1.21 bits per heavy atom. The fourth-order valence-electron chi connectivity index (χ4n) is 3.33. The van der Waals surface area contributed by atoms with Crippen LogP contribution in [0, 0.1) is 0 Å². The van der Waals surface area contributed by atoms with Crippen LogP contribution in [-0.4, -0.2) is 50.0 Å². The lowest BCUT2D eigenvalue weighted by Crippen LogP contribution is -2.38. The molecule has 4 aromatic rings. The number of carbonyl (C=O) groups is 1. The second kappa shape index (κ2) is 7.17. The van der Waals surface area contributed by atoms with E-state index in [4.69, 9.17) is 4.74 Å². The van der Waals surface area contributed by atoms with Gasteiger partial charge in [0.1, 0.15) is 0 Å². The van der Waals surface area contributed by atoms with Crippen molar-refractivity contribution in [2.24, 2.45) is 0 Å². The fourth-order valence-corrected chi connectivity index (χ4v) is 4.14. The third-order valence-corrected chi connectivity index (χ3v) is 5.81. The summed E-state index contributed by atoms with van der Waals surface area (Å²) in [6.07, 6.45) is 10.8. The lowest BCUT2D eigenvalue weighted by molar-refractivity contribution is 0.0698. The van der Waals surface area contributed by atoms with E-state index in [9.17, 15) is 4.79 Å². The summed E-state index contributed by atoms with van der Waals surface area (Å²) >= 11 is 1.43. The molecule has 5 rings (SSSR count). The minimum Gasteiger partial charge on any atom is -0.381 e. The average Bonchev–Trinajstić information content (AvgIpc) is 3.47. The predicted molar refractivity (Wildman–Crippen MR) is 105 cm³/mol. The van der Waals surface area contributed by atoms with E-state index in [0.717, 1.165) is 40.7 Å². The van der Waals surface area contributed by atoms with Gasteiger partial charge >= 0.3 is 0 Å². The maximum absolute atomic E-state index is 12.5. The molecule has 0 aliphatic carbocycles. The van der Waals surface area contributed by atoms with Crippen molar-refractivity contribution in [1.29, 1.82) is 0 Å². The van der Waals surface area contributed by atoms with Crippen LogP contribution in [0.1, 0.15) is 22.5 Å². The van der Waals surface area contributed by atoms with Gasteiger partial charge in [0.2, 0.25) is 0 Å². The first-order valence-electron chi connectivity index (χ1n) is 9.08. The normalized spacial score (nSPS) is 15.1. The molecule has 0 aromatic carbocycles. The van der Waals surface area contributed by atoms with Crippen LogP contribution in [0.15, 0.2) is 42.4 Å². The van der Waals surface area contributed by atoms with Crippen molar-refractivity contribution in [2.45, 2.75) is 18.9 Å². The molecule has 0 bridgehead atoms. The zero-order valence-electron chi connectivity index (χ0n) is 15.0. The lowest BCUT2D eigenvalue weighted by atomic mass is 10.1. The fraction of sp³-hybridized carbons (Fsp3) is 0.263. The second-order valence-corrected chi connectivity index (χ2v) is 7.63. The highest BCUT2D eigenvalue weighted by molar-refractivity contribution is 7.12. The largest absolute Gasteiger partial charge is 0.381 e. The SMILES string of the molecule is O=C(NC1CCOCC1)c1cc(-c2cnn3cc(-c4cn[nH]c4)cnc23)cs1. The summed E-state index contributed by atoms with van der Waals surface area (Å²) < 4.78 is 7.09. The molecule has 28 heavy (non-hydrogen) atoms. The third-order valence-electron chi connectivity index (χ3n) is 4.88. The van der Waals surface area contributed by atoms with Crippen LogP contribution in [0.4, 0.5) is 0 Å². The van der Waals surface area contributed by atoms with Crippen LogP contribution < -0.4 is 5.32 Å². The van der Waals surface area contributed by atoms with Gasteiger partial charge in [-0.1, -0.05) is 0 Å². The molecule has 5 heterocycles. The zero-order chi connectivity index (χ0) is 18.9. The third kappa shape index (κ3) is 3.19. The van der Waals surface area contributed by atoms with Crippen molar-refractivity contribution >= 4 is 22.9 Å². The van der Waals surface area contributed by atoms with E-state index < -0.39 is 0 Å². The molecule has 1 fully saturated rings. The molecule has 0 unspecified atom stereocenters. The van der Waals surface area contributed by atoms with E-state index in [-0.39, 0.29) is 11.9 Å². The van der Waals surface area contributed by atoms with Crippen molar-refractivity contribution in [3.8, 4) is 22.3 Å². The molecule has 0 atom stereocenters. The number of rotatable bonds is 4. The number of hydrogen-bond donors (Lipinski definition) is 2. The number of nitrogens with one attached hydrogen (secondary N) is 2. The lowest BCUT2D eigenvalue weighted by Gasteiger charge is -2.22. The van der Waals surface area contributed by atoms with Crippen LogP contribution in [0.5, 0.6) is 0 Å². The van der Waals surface area contributed by atoms with Gasteiger partial charge in [0.25, 0.3) is 5.91 Å². The van der Waals surface area contributed by atoms with E-state index in [1.807, 2.05) is 23.8 Å².